The summed E-state index contributed by atoms with van der Waals surface area (Å²) in [7, 11) is 3.42. The standard InChI is InChI=1S/C17H20N4O2S/c1-20(2)16(23)17(14-11-18-6-7-19-14)5-3-8-21(17)15(22)10-13-4-9-24-12-13/h4,6-7,9,11-12H,3,5,8,10H2,1-2H3. The Morgan fingerprint density at radius 3 is 2.83 bits per heavy atom. The molecular weight excluding hydrogens is 324 g/mol. The molecule has 24 heavy (non-hydrogen) atoms. The van der Waals surface area contributed by atoms with E-state index in [1.54, 1.807) is 48.9 Å². The summed E-state index contributed by atoms with van der Waals surface area (Å²) >= 11 is 1.56. The highest BCUT2D eigenvalue weighted by molar-refractivity contribution is 7.08. The first-order valence-corrected chi connectivity index (χ1v) is 8.80. The largest absolute Gasteiger partial charge is 0.346 e. The van der Waals surface area contributed by atoms with Gasteiger partial charge in [0.2, 0.25) is 5.91 Å². The highest BCUT2D eigenvalue weighted by Crippen LogP contribution is 2.39. The topological polar surface area (TPSA) is 66.4 Å². The van der Waals surface area contributed by atoms with E-state index in [9.17, 15) is 9.59 Å². The summed E-state index contributed by atoms with van der Waals surface area (Å²) < 4.78 is 0. The minimum atomic E-state index is -1.05. The van der Waals surface area contributed by atoms with Crippen molar-refractivity contribution in [2.24, 2.45) is 0 Å². The molecule has 2 aromatic rings. The summed E-state index contributed by atoms with van der Waals surface area (Å²) in [4.78, 5) is 37.7. The number of rotatable bonds is 4. The first kappa shape index (κ1) is 16.6. The molecule has 1 aliphatic heterocycles. The second kappa shape index (κ2) is 6.68. The predicted molar refractivity (Wildman–Crippen MR) is 91.4 cm³/mol. The van der Waals surface area contributed by atoms with Crippen molar-refractivity contribution >= 4 is 23.2 Å². The lowest BCUT2D eigenvalue weighted by Crippen LogP contribution is -2.55. The fourth-order valence-corrected chi connectivity index (χ4v) is 3.97. The van der Waals surface area contributed by atoms with Crippen molar-refractivity contribution in [3.8, 4) is 0 Å². The Hall–Kier alpha value is -2.28. The van der Waals surface area contributed by atoms with Crippen LogP contribution in [0.1, 0.15) is 24.1 Å². The van der Waals surface area contributed by atoms with E-state index >= 15 is 0 Å². The molecule has 2 amide bonds. The maximum Gasteiger partial charge on any atom is 0.254 e. The van der Waals surface area contributed by atoms with Crippen LogP contribution in [0.2, 0.25) is 0 Å². The van der Waals surface area contributed by atoms with Crippen LogP contribution >= 0.6 is 11.3 Å². The van der Waals surface area contributed by atoms with E-state index in [1.807, 2.05) is 16.8 Å². The third-order valence-corrected chi connectivity index (χ3v) is 5.10. The predicted octanol–water partition coefficient (Wildman–Crippen LogP) is 1.69. The molecule has 1 aliphatic rings. The van der Waals surface area contributed by atoms with Gasteiger partial charge in [-0.05, 0) is 35.2 Å². The molecule has 0 bridgehead atoms. The molecule has 1 saturated heterocycles. The van der Waals surface area contributed by atoms with E-state index in [0.717, 1.165) is 12.0 Å². The fraction of sp³-hybridized carbons (Fsp3) is 0.412. The van der Waals surface area contributed by atoms with Crippen LogP contribution in [-0.4, -0.2) is 52.2 Å². The minimum absolute atomic E-state index is 0.0493. The quantitative estimate of drug-likeness (QED) is 0.846. The van der Waals surface area contributed by atoms with Crippen LogP contribution < -0.4 is 0 Å². The zero-order valence-corrected chi connectivity index (χ0v) is 14.6. The molecule has 3 rings (SSSR count). The molecule has 3 heterocycles. The average Bonchev–Trinajstić information content (AvgIpc) is 3.24. The number of nitrogens with zero attached hydrogens (tertiary/aromatic N) is 4. The van der Waals surface area contributed by atoms with Crippen molar-refractivity contribution in [3.05, 3.63) is 46.7 Å². The van der Waals surface area contributed by atoms with Gasteiger partial charge in [-0.2, -0.15) is 11.3 Å². The number of carbonyl (C=O) groups is 2. The third-order valence-electron chi connectivity index (χ3n) is 4.36. The maximum absolute atomic E-state index is 13.1. The van der Waals surface area contributed by atoms with Crippen LogP contribution in [0, 0.1) is 0 Å². The number of hydrogen-bond donors (Lipinski definition) is 0. The van der Waals surface area contributed by atoms with Gasteiger partial charge in [0.15, 0.2) is 5.54 Å². The number of likely N-dealkylation sites (N-methyl/N-ethyl adjacent to an activating group) is 1. The van der Waals surface area contributed by atoms with E-state index in [0.29, 0.717) is 25.1 Å². The smallest absolute Gasteiger partial charge is 0.254 e. The van der Waals surface area contributed by atoms with E-state index in [2.05, 4.69) is 9.97 Å². The summed E-state index contributed by atoms with van der Waals surface area (Å²) in [6.07, 6.45) is 6.37. The number of aromatic nitrogens is 2. The normalized spacial score (nSPS) is 20.2. The van der Waals surface area contributed by atoms with Crippen molar-refractivity contribution < 1.29 is 9.59 Å². The number of likely N-dealkylation sites (tertiary alicyclic amines) is 1. The molecule has 0 spiro atoms. The van der Waals surface area contributed by atoms with Crippen LogP contribution in [0.3, 0.4) is 0 Å². The van der Waals surface area contributed by atoms with Gasteiger partial charge in [0, 0.05) is 33.0 Å². The van der Waals surface area contributed by atoms with E-state index < -0.39 is 5.54 Å². The zero-order valence-electron chi connectivity index (χ0n) is 13.8. The Bertz CT molecular complexity index is 717. The van der Waals surface area contributed by atoms with Crippen molar-refractivity contribution in [2.45, 2.75) is 24.8 Å². The molecular formula is C17H20N4O2S. The Morgan fingerprint density at radius 2 is 2.21 bits per heavy atom. The summed E-state index contributed by atoms with van der Waals surface area (Å²) in [5, 5.41) is 3.92. The number of amides is 2. The van der Waals surface area contributed by atoms with Crippen LogP contribution in [0.15, 0.2) is 35.4 Å². The van der Waals surface area contributed by atoms with Gasteiger partial charge in [0.05, 0.1) is 18.3 Å². The Balaban J connectivity index is 2.00. The molecule has 2 aromatic heterocycles. The van der Waals surface area contributed by atoms with Gasteiger partial charge in [-0.15, -0.1) is 0 Å². The second-order valence-corrected chi connectivity index (χ2v) is 6.89. The molecule has 126 valence electrons. The highest BCUT2D eigenvalue weighted by atomic mass is 32.1. The summed E-state index contributed by atoms with van der Waals surface area (Å²) in [6, 6.07) is 1.94. The maximum atomic E-state index is 13.1. The fourth-order valence-electron chi connectivity index (χ4n) is 3.30. The molecule has 1 fully saturated rings. The Morgan fingerprint density at radius 1 is 1.38 bits per heavy atom. The van der Waals surface area contributed by atoms with Gasteiger partial charge < -0.3 is 9.80 Å². The molecule has 6 nitrogen and oxygen atoms in total. The summed E-state index contributed by atoms with van der Waals surface area (Å²) in [5.74, 6) is -0.175. The Labute approximate surface area is 145 Å². The summed E-state index contributed by atoms with van der Waals surface area (Å²) in [5.41, 5.74) is 0.465. The number of hydrogen-bond acceptors (Lipinski definition) is 5. The van der Waals surface area contributed by atoms with Crippen molar-refractivity contribution in [3.63, 3.8) is 0 Å². The van der Waals surface area contributed by atoms with Crippen molar-refractivity contribution in [1.29, 1.82) is 0 Å². The average molecular weight is 344 g/mol. The first-order chi connectivity index (χ1) is 11.6. The van der Waals surface area contributed by atoms with Crippen LogP contribution in [-0.2, 0) is 21.5 Å². The van der Waals surface area contributed by atoms with E-state index in [-0.39, 0.29) is 11.8 Å². The Kier molecular flexibility index (Phi) is 4.62. The van der Waals surface area contributed by atoms with E-state index in [4.69, 9.17) is 0 Å². The van der Waals surface area contributed by atoms with Crippen LogP contribution in [0.25, 0.3) is 0 Å². The van der Waals surface area contributed by atoms with Gasteiger partial charge >= 0.3 is 0 Å². The lowest BCUT2D eigenvalue weighted by Gasteiger charge is -2.38. The molecule has 0 saturated carbocycles. The van der Waals surface area contributed by atoms with Gasteiger partial charge in [-0.25, -0.2) is 0 Å². The number of carbonyl (C=O) groups excluding carboxylic acids is 2. The van der Waals surface area contributed by atoms with Gasteiger partial charge in [-0.3, -0.25) is 19.6 Å². The van der Waals surface area contributed by atoms with Gasteiger partial charge in [0.1, 0.15) is 0 Å². The lowest BCUT2D eigenvalue weighted by atomic mass is 9.90. The van der Waals surface area contributed by atoms with Gasteiger partial charge in [-0.1, -0.05) is 0 Å². The molecule has 1 atom stereocenters. The minimum Gasteiger partial charge on any atom is -0.346 e. The molecule has 0 aliphatic carbocycles. The molecule has 0 N–H and O–H groups in total. The lowest BCUT2D eigenvalue weighted by molar-refractivity contribution is -0.150. The monoisotopic (exact) mass is 344 g/mol. The van der Waals surface area contributed by atoms with E-state index in [1.165, 1.54) is 4.90 Å². The molecule has 7 heteroatoms. The SMILES string of the molecule is CN(C)C(=O)C1(c2cnccn2)CCCN1C(=O)Cc1ccsc1. The van der Waals surface area contributed by atoms with Crippen molar-refractivity contribution in [2.75, 3.05) is 20.6 Å². The molecule has 1 unspecified atom stereocenters. The highest BCUT2D eigenvalue weighted by Gasteiger charge is 2.52. The number of thiophene rings is 1. The zero-order chi connectivity index (χ0) is 17.2. The first-order valence-electron chi connectivity index (χ1n) is 7.85. The third kappa shape index (κ3) is 2.80. The molecule has 0 radical (unpaired) electrons. The second-order valence-electron chi connectivity index (χ2n) is 6.11. The van der Waals surface area contributed by atoms with Gasteiger partial charge in [0.25, 0.3) is 5.91 Å². The summed E-state index contributed by atoms with van der Waals surface area (Å²) in [6.45, 7) is 0.555. The van der Waals surface area contributed by atoms with Crippen molar-refractivity contribution in [1.82, 2.24) is 19.8 Å². The van der Waals surface area contributed by atoms with Crippen LogP contribution in [0.5, 0.6) is 0 Å². The van der Waals surface area contributed by atoms with Crippen LogP contribution in [0.4, 0.5) is 0 Å². The molecule has 0 aromatic carbocycles.